The van der Waals surface area contributed by atoms with E-state index in [0.717, 1.165) is 38.8 Å². The van der Waals surface area contributed by atoms with Gasteiger partial charge in [0.05, 0.1) is 6.04 Å². The first-order valence-electron chi connectivity index (χ1n) is 5.56. The average Bonchev–Trinajstić information content (AvgIpc) is 2.25. The van der Waals surface area contributed by atoms with Crippen molar-refractivity contribution in [3.05, 3.63) is 0 Å². The molecule has 4 N–H and O–H groups in total. The van der Waals surface area contributed by atoms with Gasteiger partial charge in [-0.1, -0.05) is 6.42 Å². The minimum absolute atomic E-state index is 0.0432. The van der Waals surface area contributed by atoms with Gasteiger partial charge in [0.1, 0.15) is 0 Å². The lowest BCUT2D eigenvalue weighted by Gasteiger charge is -2.22. The van der Waals surface area contributed by atoms with Crippen molar-refractivity contribution >= 4 is 5.91 Å². The van der Waals surface area contributed by atoms with Gasteiger partial charge >= 0.3 is 0 Å². The molecule has 82 valence electrons. The number of nitrogens with one attached hydrogen (secondary N) is 2. The molecule has 4 heteroatoms. The lowest BCUT2D eigenvalue weighted by molar-refractivity contribution is -0.123. The third-order valence-electron chi connectivity index (χ3n) is 2.56. The topological polar surface area (TPSA) is 67.1 Å². The Hall–Kier alpha value is -0.610. The van der Waals surface area contributed by atoms with E-state index < -0.39 is 0 Å². The van der Waals surface area contributed by atoms with Gasteiger partial charge in [0.25, 0.3) is 0 Å². The van der Waals surface area contributed by atoms with E-state index in [9.17, 15) is 4.79 Å². The normalized spacial score (nSPS) is 21.9. The van der Waals surface area contributed by atoms with Gasteiger partial charge in [-0.3, -0.25) is 4.79 Å². The minimum atomic E-state index is 0.0432. The van der Waals surface area contributed by atoms with Gasteiger partial charge in [-0.2, -0.15) is 0 Å². The highest BCUT2D eigenvalue weighted by Gasteiger charge is 2.19. The molecule has 1 heterocycles. The lowest BCUT2D eigenvalue weighted by Crippen LogP contribution is -2.46. The van der Waals surface area contributed by atoms with Crippen LogP contribution in [0.5, 0.6) is 0 Å². The van der Waals surface area contributed by atoms with Crippen LogP contribution in [-0.4, -0.2) is 31.6 Å². The Bertz CT molecular complexity index is 167. The van der Waals surface area contributed by atoms with E-state index in [4.69, 9.17) is 5.73 Å². The number of amides is 1. The molecule has 1 fully saturated rings. The predicted molar refractivity (Wildman–Crippen MR) is 56.9 cm³/mol. The van der Waals surface area contributed by atoms with E-state index in [-0.39, 0.29) is 11.9 Å². The summed E-state index contributed by atoms with van der Waals surface area (Å²) < 4.78 is 0. The molecule has 0 aromatic heterocycles. The number of hydrogen-bond acceptors (Lipinski definition) is 3. The fourth-order valence-electron chi connectivity index (χ4n) is 1.68. The summed E-state index contributed by atoms with van der Waals surface area (Å²) in [4.78, 5) is 11.6. The van der Waals surface area contributed by atoms with E-state index in [1.807, 2.05) is 0 Å². The number of carbonyl (C=O) groups excluding carboxylic acids is 1. The maximum Gasteiger partial charge on any atom is 0.237 e. The van der Waals surface area contributed by atoms with Crippen LogP contribution in [0.3, 0.4) is 0 Å². The molecule has 0 saturated carbocycles. The molecule has 1 rings (SSSR count). The van der Waals surface area contributed by atoms with Gasteiger partial charge in [0.2, 0.25) is 5.91 Å². The SMILES string of the molecule is NCCCCNC(=O)[C@@H]1CCCCN1. The Kier molecular flexibility index (Phi) is 5.56. The number of piperidine rings is 1. The number of unbranched alkanes of at least 4 members (excludes halogenated alkanes) is 1. The molecule has 14 heavy (non-hydrogen) atoms. The fraction of sp³-hybridized carbons (Fsp3) is 0.900. The summed E-state index contributed by atoms with van der Waals surface area (Å²) in [6.07, 6.45) is 5.29. The molecule has 1 aliphatic rings. The standard InChI is InChI=1S/C10H21N3O/c11-6-2-4-8-13-10(14)9-5-1-3-7-12-9/h9,12H,1-8,11H2,(H,13,14)/t9-/m0/s1. The van der Waals surface area contributed by atoms with Crippen LogP contribution >= 0.6 is 0 Å². The molecular formula is C10H21N3O. The molecule has 1 saturated heterocycles. The summed E-state index contributed by atoms with van der Waals surface area (Å²) in [5.41, 5.74) is 5.36. The van der Waals surface area contributed by atoms with Gasteiger partial charge in [0, 0.05) is 6.54 Å². The maximum absolute atomic E-state index is 11.6. The third-order valence-corrected chi connectivity index (χ3v) is 2.56. The Morgan fingerprint density at radius 2 is 2.29 bits per heavy atom. The first kappa shape index (κ1) is 11.5. The molecule has 1 aliphatic heterocycles. The highest BCUT2D eigenvalue weighted by atomic mass is 16.2. The van der Waals surface area contributed by atoms with Gasteiger partial charge in [0.15, 0.2) is 0 Å². The zero-order chi connectivity index (χ0) is 10.2. The average molecular weight is 199 g/mol. The van der Waals surface area contributed by atoms with Crippen molar-refractivity contribution in [2.24, 2.45) is 5.73 Å². The Labute approximate surface area is 85.6 Å². The molecule has 1 atom stereocenters. The molecule has 0 aromatic rings. The number of hydrogen-bond donors (Lipinski definition) is 3. The summed E-state index contributed by atoms with van der Waals surface area (Å²) in [7, 11) is 0. The predicted octanol–water partition coefficient (Wildman–Crippen LogP) is -0.0164. The summed E-state index contributed by atoms with van der Waals surface area (Å²) in [5.74, 6) is 0.154. The van der Waals surface area contributed by atoms with Crippen LogP contribution in [0, 0.1) is 0 Å². The van der Waals surface area contributed by atoms with Crippen molar-refractivity contribution in [1.29, 1.82) is 0 Å². The molecule has 0 aromatic carbocycles. The van der Waals surface area contributed by atoms with Gasteiger partial charge in [-0.05, 0) is 38.8 Å². The van der Waals surface area contributed by atoms with Crippen LogP contribution in [-0.2, 0) is 4.79 Å². The second-order valence-corrected chi connectivity index (χ2v) is 3.79. The lowest BCUT2D eigenvalue weighted by atomic mass is 10.0. The van der Waals surface area contributed by atoms with Crippen LogP contribution in [0.4, 0.5) is 0 Å². The zero-order valence-corrected chi connectivity index (χ0v) is 8.72. The molecule has 0 spiro atoms. The van der Waals surface area contributed by atoms with Crippen molar-refractivity contribution in [1.82, 2.24) is 10.6 Å². The van der Waals surface area contributed by atoms with E-state index in [2.05, 4.69) is 10.6 Å². The number of nitrogens with two attached hydrogens (primary N) is 1. The largest absolute Gasteiger partial charge is 0.355 e. The molecule has 0 aliphatic carbocycles. The summed E-state index contributed by atoms with van der Waals surface area (Å²) in [5, 5.41) is 6.15. The third kappa shape index (κ3) is 4.07. The Morgan fingerprint density at radius 3 is 2.93 bits per heavy atom. The van der Waals surface area contributed by atoms with Crippen molar-refractivity contribution < 1.29 is 4.79 Å². The van der Waals surface area contributed by atoms with Crippen LogP contribution in [0.25, 0.3) is 0 Å². The monoisotopic (exact) mass is 199 g/mol. The first-order chi connectivity index (χ1) is 6.84. The molecule has 0 bridgehead atoms. The van der Waals surface area contributed by atoms with Crippen molar-refractivity contribution in [3.63, 3.8) is 0 Å². The highest BCUT2D eigenvalue weighted by Crippen LogP contribution is 2.06. The summed E-state index contributed by atoms with van der Waals surface area (Å²) >= 11 is 0. The second-order valence-electron chi connectivity index (χ2n) is 3.79. The molecule has 4 nitrogen and oxygen atoms in total. The highest BCUT2D eigenvalue weighted by molar-refractivity contribution is 5.81. The fourth-order valence-corrected chi connectivity index (χ4v) is 1.68. The van der Waals surface area contributed by atoms with E-state index >= 15 is 0 Å². The summed E-state index contributed by atoms with van der Waals surface area (Å²) in [6.45, 7) is 2.44. The van der Waals surface area contributed by atoms with Crippen LogP contribution < -0.4 is 16.4 Å². The quantitative estimate of drug-likeness (QED) is 0.545. The second kappa shape index (κ2) is 6.79. The Morgan fingerprint density at radius 1 is 1.43 bits per heavy atom. The first-order valence-corrected chi connectivity index (χ1v) is 5.56. The van der Waals surface area contributed by atoms with Crippen LogP contribution in [0.1, 0.15) is 32.1 Å². The van der Waals surface area contributed by atoms with Crippen LogP contribution in [0.2, 0.25) is 0 Å². The van der Waals surface area contributed by atoms with Crippen LogP contribution in [0.15, 0.2) is 0 Å². The van der Waals surface area contributed by atoms with Gasteiger partial charge in [-0.15, -0.1) is 0 Å². The molecule has 0 radical (unpaired) electrons. The Balaban J connectivity index is 2.07. The summed E-state index contributed by atoms with van der Waals surface area (Å²) in [6, 6.07) is 0.0432. The molecular weight excluding hydrogens is 178 g/mol. The van der Waals surface area contributed by atoms with Crippen molar-refractivity contribution in [2.75, 3.05) is 19.6 Å². The smallest absolute Gasteiger partial charge is 0.237 e. The van der Waals surface area contributed by atoms with E-state index in [1.165, 1.54) is 6.42 Å². The number of rotatable bonds is 5. The van der Waals surface area contributed by atoms with Crippen molar-refractivity contribution in [3.8, 4) is 0 Å². The minimum Gasteiger partial charge on any atom is -0.355 e. The van der Waals surface area contributed by atoms with E-state index in [1.54, 1.807) is 0 Å². The van der Waals surface area contributed by atoms with Gasteiger partial charge in [-0.25, -0.2) is 0 Å². The van der Waals surface area contributed by atoms with E-state index in [0.29, 0.717) is 6.54 Å². The van der Waals surface area contributed by atoms with Crippen molar-refractivity contribution in [2.45, 2.75) is 38.1 Å². The van der Waals surface area contributed by atoms with Gasteiger partial charge < -0.3 is 16.4 Å². The zero-order valence-electron chi connectivity index (χ0n) is 8.72. The molecule has 0 unspecified atom stereocenters. The number of carbonyl (C=O) groups is 1. The molecule has 1 amide bonds. The maximum atomic E-state index is 11.6.